The number of thiophene rings is 1. The summed E-state index contributed by atoms with van der Waals surface area (Å²) in [6, 6.07) is 5.15. The van der Waals surface area contributed by atoms with Crippen molar-refractivity contribution in [2.45, 2.75) is 70.4 Å². The Balaban J connectivity index is 1.68. The molecule has 0 amide bonds. The van der Waals surface area contributed by atoms with Gasteiger partial charge in [0.15, 0.2) is 0 Å². The van der Waals surface area contributed by atoms with Crippen molar-refractivity contribution in [2.24, 2.45) is 11.1 Å². The molecule has 2 fully saturated rings. The first-order chi connectivity index (χ1) is 10.2. The maximum Gasteiger partial charge on any atom is 0.0593 e. The Morgan fingerprint density at radius 1 is 1.19 bits per heavy atom. The second-order valence-electron chi connectivity index (χ2n) is 7.13. The fraction of sp³-hybridized carbons (Fsp3) is 0.778. The molecule has 2 nitrogen and oxygen atoms in total. The van der Waals surface area contributed by atoms with Gasteiger partial charge in [-0.1, -0.05) is 32.3 Å². The maximum absolute atomic E-state index is 6.47. The molecular weight excluding hydrogens is 276 g/mol. The lowest BCUT2D eigenvalue weighted by Crippen LogP contribution is -2.47. The fourth-order valence-corrected chi connectivity index (χ4v) is 5.36. The molecule has 0 aromatic carbocycles. The molecule has 2 atom stereocenters. The molecule has 2 unspecified atom stereocenters. The van der Waals surface area contributed by atoms with E-state index < -0.39 is 0 Å². The zero-order valence-electron chi connectivity index (χ0n) is 13.4. The van der Waals surface area contributed by atoms with Crippen LogP contribution < -0.4 is 5.73 Å². The standard InChI is InChI=1S/C18H30N2S/c1-2-15(19)17(16-7-6-14-21-16)20-12-10-18(11-13-20)8-4-3-5-9-18/h6-7,14-15,17H,2-5,8-13,19H2,1H3. The van der Waals surface area contributed by atoms with Crippen LogP contribution in [-0.4, -0.2) is 24.0 Å². The van der Waals surface area contributed by atoms with E-state index in [1.807, 2.05) is 11.3 Å². The van der Waals surface area contributed by atoms with Crippen molar-refractivity contribution >= 4 is 11.3 Å². The molecule has 21 heavy (non-hydrogen) atoms. The van der Waals surface area contributed by atoms with Gasteiger partial charge in [0.25, 0.3) is 0 Å². The van der Waals surface area contributed by atoms with E-state index in [2.05, 4.69) is 29.3 Å². The minimum Gasteiger partial charge on any atom is -0.326 e. The van der Waals surface area contributed by atoms with Gasteiger partial charge in [-0.2, -0.15) is 0 Å². The smallest absolute Gasteiger partial charge is 0.0593 e. The van der Waals surface area contributed by atoms with Gasteiger partial charge in [-0.05, 0) is 62.1 Å². The van der Waals surface area contributed by atoms with E-state index in [9.17, 15) is 0 Å². The molecule has 1 aromatic rings. The third kappa shape index (κ3) is 3.35. The van der Waals surface area contributed by atoms with E-state index in [0.29, 0.717) is 11.5 Å². The summed E-state index contributed by atoms with van der Waals surface area (Å²) in [4.78, 5) is 4.14. The van der Waals surface area contributed by atoms with Crippen LogP contribution in [0, 0.1) is 5.41 Å². The van der Waals surface area contributed by atoms with Crippen molar-refractivity contribution in [3.8, 4) is 0 Å². The zero-order valence-corrected chi connectivity index (χ0v) is 14.2. The number of nitrogens with two attached hydrogens (primary N) is 1. The highest BCUT2D eigenvalue weighted by molar-refractivity contribution is 7.10. The molecule has 0 bridgehead atoms. The fourth-order valence-electron chi connectivity index (χ4n) is 4.42. The summed E-state index contributed by atoms with van der Waals surface area (Å²) < 4.78 is 0. The van der Waals surface area contributed by atoms with Crippen molar-refractivity contribution < 1.29 is 0 Å². The van der Waals surface area contributed by atoms with Crippen LogP contribution in [0.2, 0.25) is 0 Å². The minimum atomic E-state index is 0.268. The molecule has 3 heteroatoms. The largest absolute Gasteiger partial charge is 0.326 e. The summed E-state index contributed by atoms with van der Waals surface area (Å²) in [6.07, 6.45) is 11.2. The van der Waals surface area contributed by atoms with Gasteiger partial charge in [0.05, 0.1) is 6.04 Å². The van der Waals surface area contributed by atoms with E-state index >= 15 is 0 Å². The van der Waals surface area contributed by atoms with E-state index in [1.165, 1.54) is 62.9 Å². The third-order valence-electron chi connectivity index (χ3n) is 5.88. The Bertz CT molecular complexity index is 412. The van der Waals surface area contributed by atoms with Crippen LogP contribution in [0.1, 0.15) is 69.2 Å². The molecule has 1 saturated carbocycles. The third-order valence-corrected chi connectivity index (χ3v) is 6.82. The van der Waals surface area contributed by atoms with Crippen LogP contribution in [0.5, 0.6) is 0 Å². The molecule has 2 aliphatic rings. The van der Waals surface area contributed by atoms with Gasteiger partial charge in [0.1, 0.15) is 0 Å². The summed E-state index contributed by atoms with van der Waals surface area (Å²) in [5.41, 5.74) is 7.16. The van der Waals surface area contributed by atoms with Gasteiger partial charge in [0.2, 0.25) is 0 Å². The lowest BCUT2D eigenvalue weighted by atomic mass is 9.68. The van der Waals surface area contributed by atoms with E-state index in [4.69, 9.17) is 5.73 Å². The number of hydrogen-bond donors (Lipinski definition) is 1. The van der Waals surface area contributed by atoms with Gasteiger partial charge in [0, 0.05) is 10.9 Å². The summed E-state index contributed by atoms with van der Waals surface area (Å²) in [6.45, 7) is 4.71. The second-order valence-corrected chi connectivity index (χ2v) is 8.11. The average Bonchev–Trinajstić information content (AvgIpc) is 3.04. The van der Waals surface area contributed by atoms with E-state index in [0.717, 1.165) is 6.42 Å². The highest BCUT2D eigenvalue weighted by Crippen LogP contribution is 2.46. The zero-order chi connectivity index (χ0) is 14.7. The number of hydrogen-bond acceptors (Lipinski definition) is 3. The van der Waals surface area contributed by atoms with Crippen molar-refractivity contribution in [3.05, 3.63) is 22.4 Å². The predicted octanol–water partition coefficient (Wildman–Crippen LogP) is 4.57. The van der Waals surface area contributed by atoms with E-state index in [-0.39, 0.29) is 6.04 Å². The number of likely N-dealkylation sites (tertiary alicyclic amines) is 1. The molecule has 1 spiro atoms. The Labute approximate surface area is 133 Å². The van der Waals surface area contributed by atoms with Crippen LogP contribution in [0.4, 0.5) is 0 Å². The van der Waals surface area contributed by atoms with Crippen molar-refractivity contribution in [3.63, 3.8) is 0 Å². The molecule has 0 radical (unpaired) electrons. The van der Waals surface area contributed by atoms with Gasteiger partial charge < -0.3 is 5.73 Å². The predicted molar refractivity (Wildman–Crippen MR) is 91.7 cm³/mol. The molecule has 2 N–H and O–H groups in total. The highest BCUT2D eigenvalue weighted by atomic mass is 32.1. The molecule has 1 aliphatic carbocycles. The average molecular weight is 307 g/mol. The monoisotopic (exact) mass is 306 g/mol. The lowest BCUT2D eigenvalue weighted by Gasteiger charge is -2.47. The van der Waals surface area contributed by atoms with E-state index in [1.54, 1.807) is 0 Å². The Kier molecular flexibility index (Phi) is 5.03. The first-order valence-corrected chi connectivity index (χ1v) is 9.65. The van der Waals surface area contributed by atoms with Crippen LogP contribution >= 0.6 is 11.3 Å². The van der Waals surface area contributed by atoms with Crippen molar-refractivity contribution in [1.29, 1.82) is 0 Å². The van der Waals surface area contributed by atoms with Crippen LogP contribution in [0.3, 0.4) is 0 Å². The Morgan fingerprint density at radius 2 is 1.90 bits per heavy atom. The summed E-state index contributed by atoms with van der Waals surface area (Å²) in [5, 5.41) is 2.19. The molecular formula is C18H30N2S. The van der Waals surface area contributed by atoms with Gasteiger partial charge in [-0.3, -0.25) is 4.90 Å². The lowest BCUT2D eigenvalue weighted by molar-refractivity contribution is 0.0383. The summed E-state index contributed by atoms with van der Waals surface area (Å²) >= 11 is 1.87. The highest BCUT2D eigenvalue weighted by Gasteiger charge is 2.38. The molecule has 118 valence electrons. The summed E-state index contributed by atoms with van der Waals surface area (Å²) in [5.74, 6) is 0. The Morgan fingerprint density at radius 3 is 2.48 bits per heavy atom. The number of piperidine rings is 1. The number of rotatable bonds is 4. The molecule has 1 saturated heterocycles. The minimum absolute atomic E-state index is 0.268. The van der Waals surface area contributed by atoms with Gasteiger partial charge in [-0.15, -0.1) is 11.3 Å². The molecule has 1 aliphatic heterocycles. The van der Waals surface area contributed by atoms with Crippen LogP contribution in [0.15, 0.2) is 17.5 Å². The summed E-state index contributed by atoms with van der Waals surface area (Å²) in [7, 11) is 0. The van der Waals surface area contributed by atoms with Crippen LogP contribution in [0.25, 0.3) is 0 Å². The molecule has 1 aromatic heterocycles. The number of nitrogens with zero attached hydrogens (tertiary/aromatic N) is 1. The molecule has 3 rings (SSSR count). The second kappa shape index (κ2) is 6.80. The topological polar surface area (TPSA) is 29.3 Å². The van der Waals surface area contributed by atoms with Crippen LogP contribution in [-0.2, 0) is 0 Å². The normalized spacial score (nSPS) is 25.8. The van der Waals surface area contributed by atoms with Gasteiger partial charge >= 0.3 is 0 Å². The SMILES string of the molecule is CCC(N)C(c1cccs1)N1CCC2(CCCCC2)CC1. The van der Waals surface area contributed by atoms with Crippen molar-refractivity contribution in [1.82, 2.24) is 4.90 Å². The Hall–Kier alpha value is -0.380. The van der Waals surface area contributed by atoms with Gasteiger partial charge in [-0.25, -0.2) is 0 Å². The molecule has 2 heterocycles. The first kappa shape index (κ1) is 15.5. The first-order valence-electron chi connectivity index (χ1n) is 8.77. The van der Waals surface area contributed by atoms with Crippen molar-refractivity contribution in [2.75, 3.05) is 13.1 Å². The quantitative estimate of drug-likeness (QED) is 0.882. The maximum atomic E-state index is 6.47.